The molecule has 1 aliphatic heterocycles. The molecule has 0 bridgehead atoms. The Morgan fingerprint density at radius 1 is 1.15 bits per heavy atom. The molecular weight excluding hydrogens is 503 g/mol. The first-order chi connectivity index (χ1) is 16.2. The largest absolute Gasteiger partial charge is 0.493 e. The van der Waals surface area contributed by atoms with E-state index in [1.807, 2.05) is 30.3 Å². The average Bonchev–Trinajstić information content (AvgIpc) is 2.85. The number of hydrogen-bond donors (Lipinski definition) is 2. The van der Waals surface area contributed by atoms with Crippen LogP contribution in [0.15, 0.2) is 43.0 Å². The SMILES string of the molecule is C=CC(=O)N1CCN(C(=O)CNc2c(Cl)c(-c3ccccc3)c(Cl)c(Cl)c2OC)CC1C(N)=O. The van der Waals surface area contributed by atoms with E-state index in [0.717, 1.165) is 11.6 Å². The molecule has 3 rings (SSSR count). The minimum atomic E-state index is -0.948. The Kier molecular flexibility index (Phi) is 8.30. The van der Waals surface area contributed by atoms with E-state index < -0.39 is 17.9 Å². The smallest absolute Gasteiger partial charge is 0.246 e. The molecule has 11 heteroatoms. The minimum absolute atomic E-state index is 0.0308. The molecule has 1 atom stereocenters. The predicted molar refractivity (Wildman–Crippen MR) is 133 cm³/mol. The maximum atomic E-state index is 12.9. The zero-order valence-corrected chi connectivity index (χ0v) is 20.6. The number of benzene rings is 2. The fraction of sp³-hybridized carbons (Fsp3) is 0.261. The van der Waals surface area contributed by atoms with Gasteiger partial charge in [-0.3, -0.25) is 14.4 Å². The highest BCUT2D eigenvalue weighted by Crippen LogP contribution is 2.50. The van der Waals surface area contributed by atoms with Crippen molar-refractivity contribution in [2.24, 2.45) is 5.73 Å². The number of piperazine rings is 1. The summed E-state index contributed by atoms with van der Waals surface area (Å²) in [6.07, 6.45) is 1.11. The van der Waals surface area contributed by atoms with Gasteiger partial charge in [-0.1, -0.05) is 71.7 Å². The van der Waals surface area contributed by atoms with Crippen LogP contribution in [0, 0.1) is 0 Å². The zero-order chi connectivity index (χ0) is 25.0. The summed E-state index contributed by atoms with van der Waals surface area (Å²) in [5.41, 5.74) is 6.99. The van der Waals surface area contributed by atoms with Gasteiger partial charge in [0, 0.05) is 18.7 Å². The number of nitrogens with zero attached hydrogens (tertiary/aromatic N) is 2. The molecule has 34 heavy (non-hydrogen) atoms. The fourth-order valence-electron chi connectivity index (χ4n) is 3.76. The molecule has 0 radical (unpaired) electrons. The summed E-state index contributed by atoms with van der Waals surface area (Å²) < 4.78 is 5.40. The van der Waals surface area contributed by atoms with Crippen molar-refractivity contribution in [2.75, 3.05) is 38.6 Å². The maximum absolute atomic E-state index is 12.9. The topological polar surface area (TPSA) is 105 Å². The van der Waals surface area contributed by atoms with E-state index in [9.17, 15) is 14.4 Å². The summed E-state index contributed by atoms with van der Waals surface area (Å²) >= 11 is 19.6. The number of rotatable bonds is 7. The van der Waals surface area contributed by atoms with Gasteiger partial charge in [-0.15, -0.1) is 0 Å². The molecule has 2 aromatic rings. The van der Waals surface area contributed by atoms with Gasteiger partial charge in [-0.25, -0.2) is 0 Å². The third-order valence-corrected chi connectivity index (χ3v) is 6.69. The van der Waals surface area contributed by atoms with Crippen LogP contribution in [0.2, 0.25) is 15.1 Å². The molecule has 1 heterocycles. The van der Waals surface area contributed by atoms with Crippen molar-refractivity contribution in [2.45, 2.75) is 6.04 Å². The predicted octanol–water partition coefficient (Wildman–Crippen LogP) is 3.45. The number of nitrogens with two attached hydrogens (primary N) is 1. The number of primary amides is 1. The first-order valence-corrected chi connectivity index (χ1v) is 11.4. The first kappa shape index (κ1) is 25.7. The lowest BCUT2D eigenvalue weighted by Crippen LogP contribution is -2.61. The number of halogens is 3. The number of ether oxygens (including phenoxy) is 1. The van der Waals surface area contributed by atoms with E-state index in [2.05, 4.69) is 11.9 Å². The molecule has 1 fully saturated rings. The van der Waals surface area contributed by atoms with Gasteiger partial charge in [0.1, 0.15) is 11.1 Å². The van der Waals surface area contributed by atoms with Crippen LogP contribution >= 0.6 is 34.8 Å². The molecule has 8 nitrogen and oxygen atoms in total. The molecule has 0 aromatic heterocycles. The van der Waals surface area contributed by atoms with Crippen LogP contribution in [0.4, 0.5) is 5.69 Å². The number of nitrogens with one attached hydrogen (secondary N) is 1. The molecule has 180 valence electrons. The van der Waals surface area contributed by atoms with E-state index in [4.69, 9.17) is 45.3 Å². The Morgan fingerprint density at radius 2 is 1.82 bits per heavy atom. The standard InChI is InChI=1S/C23H23Cl3N4O4/c1-3-15(31)30-10-9-29(12-14(30)23(27)33)16(32)11-28-21-19(25)17(13-7-5-4-6-8-13)18(24)20(26)22(21)34-2/h3-8,14,28H,1,9-12H2,2H3,(H2,27,33). The Morgan fingerprint density at radius 3 is 2.41 bits per heavy atom. The molecule has 1 saturated heterocycles. The number of carbonyl (C=O) groups is 3. The van der Waals surface area contributed by atoms with Crippen molar-refractivity contribution in [1.29, 1.82) is 0 Å². The lowest BCUT2D eigenvalue weighted by Gasteiger charge is -2.39. The number of anilines is 1. The molecule has 2 aromatic carbocycles. The normalized spacial score (nSPS) is 15.6. The molecule has 0 spiro atoms. The Bertz CT molecular complexity index is 1130. The summed E-state index contributed by atoms with van der Waals surface area (Å²) in [7, 11) is 1.41. The van der Waals surface area contributed by atoms with Crippen molar-refractivity contribution >= 4 is 58.2 Å². The Balaban J connectivity index is 1.84. The van der Waals surface area contributed by atoms with Crippen molar-refractivity contribution < 1.29 is 19.1 Å². The summed E-state index contributed by atoms with van der Waals surface area (Å²) in [5.74, 6) is -1.26. The second-order valence-electron chi connectivity index (χ2n) is 7.44. The van der Waals surface area contributed by atoms with Crippen molar-refractivity contribution in [3.05, 3.63) is 58.1 Å². The summed E-state index contributed by atoms with van der Waals surface area (Å²) in [5, 5.41) is 3.60. The van der Waals surface area contributed by atoms with Crippen LogP contribution in [-0.4, -0.2) is 66.9 Å². The van der Waals surface area contributed by atoms with E-state index in [1.54, 1.807) is 0 Å². The van der Waals surface area contributed by atoms with Crippen LogP contribution in [0.5, 0.6) is 5.75 Å². The van der Waals surface area contributed by atoms with Gasteiger partial charge in [0.2, 0.25) is 17.7 Å². The number of methoxy groups -OCH3 is 1. The van der Waals surface area contributed by atoms with Crippen LogP contribution < -0.4 is 15.8 Å². The molecule has 1 unspecified atom stereocenters. The highest BCUT2D eigenvalue weighted by atomic mass is 35.5. The van der Waals surface area contributed by atoms with Crippen molar-refractivity contribution in [3.63, 3.8) is 0 Å². The van der Waals surface area contributed by atoms with E-state index in [-0.39, 0.29) is 52.9 Å². The molecule has 1 aliphatic rings. The van der Waals surface area contributed by atoms with Gasteiger partial charge in [-0.2, -0.15) is 0 Å². The monoisotopic (exact) mass is 524 g/mol. The number of hydrogen-bond acceptors (Lipinski definition) is 5. The van der Waals surface area contributed by atoms with Gasteiger partial charge >= 0.3 is 0 Å². The zero-order valence-electron chi connectivity index (χ0n) is 18.3. The molecule has 0 saturated carbocycles. The quantitative estimate of drug-likeness (QED) is 0.426. The lowest BCUT2D eigenvalue weighted by molar-refractivity contribution is -0.144. The van der Waals surface area contributed by atoms with Crippen LogP contribution in [0.25, 0.3) is 11.1 Å². The molecular formula is C23H23Cl3N4O4. The Labute approximate surface area is 212 Å². The van der Waals surface area contributed by atoms with Crippen molar-refractivity contribution in [1.82, 2.24) is 9.80 Å². The fourth-order valence-corrected chi connectivity index (χ4v) is 4.72. The molecule has 3 N–H and O–H groups in total. The molecule has 3 amide bonds. The van der Waals surface area contributed by atoms with Gasteiger partial charge in [-0.05, 0) is 11.6 Å². The van der Waals surface area contributed by atoms with Gasteiger partial charge in [0.15, 0.2) is 5.75 Å². The first-order valence-electron chi connectivity index (χ1n) is 10.2. The summed E-state index contributed by atoms with van der Waals surface area (Å²) in [6, 6.07) is 8.25. The van der Waals surface area contributed by atoms with Gasteiger partial charge < -0.3 is 25.6 Å². The van der Waals surface area contributed by atoms with Crippen molar-refractivity contribution in [3.8, 4) is 16.9 Å². The highest BCUT2D eigenvalue weighted by molar-refractivity contribution is 6.48. The summed E-state index contributed by atoms with van der Waals surface area (Å²) in [6.45, 7) is 3.61. The van der Waals surface area contributed by atoms with Gasteiger partial charge in [0.25, 0.3) is 0 Å². The van der Waals surface area contributed by atoms with Gasteiger partial charge in [0.05, 0.1) is 35.9 Å². The highest BCUT2D eigenvalue weighted by Gasteiger charge is 2.35. The summed E-state index contributed by atoms with van der Waals surface area (Å²) in [4.78, 5) is 39.6. The minimum Gasteiger partial charge on any atom is -0.493 e. The molecule has 0 aliphatic carbocycles. The number of amides is 3. The third-order valence-electron chi connectivity index (χ3n) is 5.48. The lowest BCUT2D eigenvalue weighted by atomic mass is 10.0. The van der Waals surface area contributed by atoms with Crippen LogP contribution in [0.1, 0.15) is 0 Å². The Hall–Kier alpha value is -2.94. The third kappa shape index (κ3) is 5.09. The van der Waals surface area contributed by atoms with Crippen LogP contribution in [-0.2, 0) is 14.4 Å². The second kappa shape index (κ2) is 11.0. The van der Waals surface area contributed by atoms with E-state index >= 15 is 0 Å². The van der Waals surface area contributed by atoms with E-state index in [0.29, 0.717) is 11.3 Å². The van der Waals surface area contributed by atoms with Crippen LogP contribution in [0.3, 0.4) is 0 Å². The number of carbonyl (C=O) groups excluding carboxylic acids is 3. The average molecular weight is 526 g/mol. The van der Waals surface area contributed by atoms with E-state index in [1.165, 1.54) is 16.9 Å². The second-order valence-corrected chi connectivity index (χ2v) is 8.57. The maximum Gasteiger partial charge on any atom is 0.246 e.